The number of nitrogens with two attached hydrogens (primary N) is 1. The molecule has 27 heavy (non-hydrogen) atoms. The molecule has 140 valence electrons. The third-order valence-corrected chi connectivity index (χ3v) is 4.54. The standard InChI is InChI=1S/C22H25N3O2/c1-25(22(26)20(23)15-17-9-4-2-5-10-17)14-8-13-19-16-21(24-27-19)18-11-6-3-7-12-18/h2-7,9-12,16,20H,8,13-15,23H2,1H3/t20-/m0/s1. The zero-order valence-corrected chi connectivity index (χ0v) is 15.5. The minimum atomic E-state index is -0.521. The maximum Gasteiger partial charge on any atom is 0.239 e. The molecule has 3 aromatic rings. The maximum atomic E-state index is 12.4. The van der Waals surface area contributed by atoms with E-state index in [0.29, 0.717) is 13.0 Å². The molecule has 2 N–H and O–H groups in total. The van der Waals surface area contributed by atoms with Crippen LogP contribution in [0.2, 0.25) is 0 Å². The number of likely N-dealkylation sites (N-methyl/N-ethyl adjacent to an activating group) is 1. The van der Waals surface area contributed by atoms with E-state index in [0.717, 1.165) is 35.4 Å². The summed E-state index contributed by atoms with van der Waals surface area (Å²) in [6.07, 6.45) is 2.07. The number of benzene rings is 2. The van der Waals surface area contributed by atoms with E-state index >= 15 is 0 Å². The molecule has 0 aliphatic heterocycles. The lowest BCUT2D eigenvalue weighted by molar-refractivity contribution is -0.131. The van der Waals surface area contributed by atoms with Gasteiger partial charge >= 0.3 is 0 Å². The molecule has 0 bridgehead atoms. The van der Waals surface area contributed by atoms with Gasteiger partial charge in [-0.05, 0) is 18.4 Å². The number of carbonyl (C=O) groups is 1. The molecule has 0 spiro atoms. The monoisotopic (exact) mass is 363 g/mol. The van der Waals surface area contributed by atoms with Crippen molar-refractivity contribution in [3.63, 3.8) is 0 Å². The lowest BCUT2D eigenvalue weighted by atomic mass is 10.1. The van der Waals surface area contributed by atoms with Crippen LogP contribution >= 0.6 is 0 Å². The van der Waals surface area contributed by atoms with Crippen LogP contribution in [0.5, 0.6) is 0 Å². The fourth-order valence-electron chi connectivity index (χ4n) is 3.01. The molecule has 2 aromatic carbocycles. The van der Waals surface area contributed by atoms with Crippen molar-refractivity contribution in [3.05, 3.63) is 78.1 Å². The Morgan fingerprint density at radius 2 is 1.78 bits per heavy atom. The van der Waals surface area contributed by atoms with E-state index in [1.54, 1.807) is 11.9 Å². The molecule has 0 radical (unpaired) electrons. The summed E-state index contributed by atoms with van der Waals surface area (Å²) >= 11 is 0. The van der Waals surface area contributed by atoms with Crippen LogP contribution in [0, 0.1) is 0 Å². The van der Waals surface area contributed by atoms with Crippen molar-refractivity contribution in [1.29, 1.82) is 0 Å². The lowest BCUT2D eigenvalue weighted by Gasteiger charge is -2.21. The smallest absolute Gasteiger partial charge is 0.239 e. The zero-order chi connectivity index (χ0) is 19.1. The van der Waals surface area contributed by atoms with Gasteiger partial charge in [0.05, 0.1) is 6.04 Å². The van der Waals surface area contributed by atoms with Gasteiger partial charge in [-0.1, -0.05) is 65.8 Å². The fourth-order valence-corrected chi connectivity index (χ4v) is 3.01. The zero-order valence-electron chi connectivity index (χ0n) is 15.5. The van der Waals surface area contributed by atoms with Crippen LogP contribution in [0.15, 0.2) is 71.3 Å². The van der Waals surface area contributed by atoms with E-state index in [1.165, 1.54) is 0 Å². The Morgan fingerprint density at radius 1 is 1.11 bits per heavy atom. The summed E-state index contributed by atoms with van der Waals surface area (Å²) in [6.45, 7) is 0.628. The van der Waals surface area contributed by atoms with Gasteiger partial charge in [0.2, 0.25) is 5.91 Å². The molecular weight excluding hydrogens is 338 g/mol. The summed E-state index contributed by atoms with van der Waals surface area (Å²) in [6, 6.07) is 21.2. The van der Waals surface area contributed by atoms with Crippen LogP contribution in [0.4, 0.5) is 0 Å². The molecule has 0 aliphatic carbocycles. The highest BCUT2D eigenvalue weighted by molar-refractivity contribution is 5.81. The molecule has 0 saturated heterocycles. The Labute approximate surface area is 159 Å². The molecule has 5 nitrogen and oxygen atoms in total. The molecule has 0 saturated carbocycles. The van der Waals surface area contributed by atoms with Gasteiger partial charge in [-0.15, -0.1) is 0 Å². The first-order valence-corrected chi connectivity index (χ1v) is 9.19. The molecule has 0 fully saturated rings. The van der Waals surface area contributed by atoms with Gasteiger partial charge in [0.15, 0.2) is 0 Å². The van der Waals surface area contributed by atoms with Crippen molar-refractivity contribution < 1.29 is 9.32 Å². The quantitative estimate of drug-likeness (QED) is 0.666. The summed E-state index contributed by atoms with van der Waals surface area (Å²) in [5.41, 5.74) is 9.02. The number of carbonyl (C=O) groups excluding carboxylic acids is 1. The van der Waals surface area contributed by atoms with Crippen LogP contribution in [-0.2, 0) is 17.6 Å². The molecule has 1 aromatic heterocycles. The SMILES string of the molecule is CN(CCCc1cc(-c2ccccc2)no1)C(=O)[C@@H](N)Cc1ccccc1. The molecule has 3 rings (SSSR count). The molecule has 0 aliphatic rings. The summed E-state index contributed by atoms with van der Waals surface area (Å²) in [4.78, 5) is 14.1. The predicted molar refractivity (Wildman–Crippen MR) is 106 cm³/mol. The van der Waals surface area contributed by atoms with Crippen molar-refractivity contribution >= 4 is 5.91 Å². The van der Waals surface area contributed by atoms with Crippen molar-refractivity contribution in [2.75, 3.05) is 13.6 Å². The van der Waals surface area contributed by atoms with Crippen LogP contribution in [-0.4, -0.2) is 35.6 Å². The van der Waals surface area contributed by atoms with Gasteiger partial charge in [0.25, 0.3) is 0 Å². The van der Waals surface area contributed by atoms with E-state index in [-0.39, 0.29) is 5.91 Å². The number of hydrogen-bond donors (Lipinski definition) is 1. The normalized spacial score (nSPS) is 11.9. The molecule has 5 heteroatoms. The van der Waals surface area contributed by atoms with E-state index in [9.17, 15) is 4.79 Å². The van der Waals surface area contributed by atoms with Crippen molar-refractivity contribution in [2.45, 2.75) is 25.3 Å². The molecule has 0 unspecified atom stereocenters. The Morgan fingerprint density at radius 3 is 2.48 bits per heavy atom. The maximum absolute atomic E-state index is 12.4. The van der Waals surface area contributed by atoms with Gasteiger partial charge < -0.3 is 15.2 Å². The largest absolute Gasteiger partial charge is 0.361 e. The second kappa shape index (κ2) is 9.14. The van der Waals surface area contributed by atoms with Crippen LogP contribution in [0.1, 0.15) is 17.7 Å². The van der Waals surface area contributed by atoms with Gasteiger partial charge in [0.1, 0.15) is 11.5 Å². The summed E-state index contributed by atoms with van der Waals surface area (Å²) < 4.78 is 5.41. The second-order valence-corrected chi connectivity index (χ2v) is 6.70. The highest BCUT2D eigenvalue weighted by Gasteiger charge is 2.18. The number of aryl methyl sites for hydroxylation is 1. The van der Waals surface area contributed by atoms with Crippen LogP contribution in [0.3, 0.4) is 0 Å². The first kappa shape index (κ1) is 18.9. The minimum Gasteiger partial charge on any atom is -0.361 e. The Hall–Kier alpha value is -2.92. The van der Waals surface area contributed by atoms with Crippen molar-refractivity contribution in [2.24, 2.45) is 5.73 Å². The third kappa shape index (κ3) is 5.28. The molecule has 1 amide bonds. The number of rotatable bonds is 8. The lowest BCUT2D eigenvalue weighted by Crippen LogP contribution is -2.43. The van der Waals surface area contributed by atoms with E-state index in [2.05, 4.69) is 5.16 Å². The van der Waals surface area contributed by atoms with Gasteiger partial charge in [0, 0.05) is 31.6 Å². The summed E-state index contributed by atoms with van der Waals surface area (Å²) in [5.74, 6) is 0.782. The van der Waals surface area contributed by atoms with E-state index in [4.69, 9.17) is 10.3 Å². The Kier molecular flexibility index (Phi) is 6.39. The predicted octanol–water partition coefficient (Wildman–Crippen LogP) is 3.30. The van der Waals surface area contributed by atoms with Crippen LogP contribution < -0.4 is 5.73 Å². The summed E-state index contributed by atoms with van der Waals surface area (Å²) in [7, 11) is 1.79. The van der Waals surface area contributed by atoms with E-state index in [1.807, 2.05) is 66.7 Å². The average Bonchev–Trinajstić information content (AvgIpc) is 3.17. The minimum absolute atomic E-state index is 0.0404. The van der Waals surface area contributed by atoms with Crippen molar-refractivity contribution in [3.8, 4) is 11.3 Å². The third-order valence-electron chi connectivity index (χ3n) is 4.54. The molecular formula is C22H25N3O2. The topological polar surface area (TPSA) is 72.4 Å². The number of nitrogens with zero attached hydrogens (tertiary/aromatic N) is 2. The van der Waals surface area contributed by atoms with E-state index < -0.39 is 6.04 Å². The number of aromatic nitrogens is 1. The second-order valence-electron chi connectivity index (χ2n) is 6.70. The average molecular weight is 363 g/mol. The molecule has 1 atom stereocenters. The summed E-state index contributed by atoms with van der Waals surface area (Å²) in [5, 5.41) is 4.12. The molecule has 1 heterocycles. The number of hydrogen-bond acceptors (Lipinski definition) is 4. The van der Waals surface area contributed by atoms with Crippen LogP contribution in [0.25, 0.3) is 11.3 Å². The van der Waals surface area contributed by atoms with Gasteiger partial charge in [-0.3, -0.25) is 4.79 Å². The fraction of sp³-hybridized carbons (Fsp3) is 0.273. The van der Waals surface area contributed by atoms with Gasteiger partial charge in [-0.2, -0.15) is 0 Å². The highest BCUT2D eigenvalue weighted by atomic mass is 16.5. The first-order chi connectivity index (χ1) is 13.1. The Balaban J connectivity index is 1.46. The van der Waals surface area contributed by atoms with Crippen molar-refractivity contribution in [1.82, 2.24) is 10.1 Å². The van der Waals surface area contributed by atoms with Gasteiger partial charge in [-0.25, -0.2) is 0 Å². The Bertz CT molecular complexity index is 846. The number of amides is 1. The highest BCUT2D eigenvalue weighted by Crippen LogP contribution is 2.19. The first-order valence-electron chi connectivity index (χ1n) is 9.19.